The monoisotopic (exact) mass is 174 g/mol. The Morgan fingerprint density at radius 2 is 2.17 bits per heavy atom. The number of aliphatic carboxylic acids is 1. The predicted octanol–water partition coefficient (Wildman–Crippen LogP) is 0.0340. The van der Waals surface area contributed by atoms with Gasteiger partial charge in [0, 0.05) is 13.1 Å². The Balaban J connectivity index is 3.78. The second-order valence-corrected chi connectivity index (χ2v) is 3.26. The maximum absolute atomic E-state index is 10.6. The molecule has 0 unspecified atom stereocenters. The molecule has 0 fully saturated rings. The lowest BCUT2D eigenvalue weighted by Gasteiger charge is -2.15. The van der Waals surface area contributed by atoms with Crippen LogP contribution in [0.3, 0.4) is 0 Å². The molecule has 0 aromatic rings. The van der Waals surface area contributed by atoms with Gasteiger partial charge in [-0.05, 0) is 12.3 Å². The number of hydrogen-bond donors (Lipinski definition) is 3. The largest absolute Gasteiger partial charge is 0.480 e. The fourth-order valence-electron chi connectivity index (χ4n) is 1.00. The zero-order valence-corrected chi connectivity index (χ0v) is 7.71. The third-order valence-corrected chi connectivity index (χ3v) is 1.54. The molecule has 0 saturated carbocycles. The highest BCUT2D eigenvalue weighted by atomic mass is 16.4. The normalized spacial score (nSPS) is 13.3. The summed E-state index contributed by atoms with van der Waals surface area (Å²) < 4.78 is 0. The van der Waals surface area contributed by atoms with Crippen LogP contribution in [0.2, 0.25) is 0 Å². The molecule has 4 nitrogen and oxygen atoms in total. The third-order valence-electron chi connectivity index (χ3n) is 1.54. The van der Waals surface area contributed by atoms with Crippen molar-refractivity contribution in [3.05, 3.63) is 0 Å². The Morgan fingerprint density at radius 3 is 2.50 bits per heavy atom. The first-order valence-electron chi connectivity index (χ1n) is 4.24. The quantitative estimate of drug-likeness (QED) is 0.531. The van der Waals surface area contributed by atoms with E-state index in [9.17, 15) is 4.79 Å². The Bertz CT molecular complexity index is 137. The van der Waals surface area contributed by atoms with Crippen molar-refractivity contribution >= 4 is 5.97 Å². The van der Waals surface area contributed by atoms with Crippen molar-refractivity contribution in [2.24, 2.45) is 11.7 Å². The Morgan fingerprint density at radius 1 is 1.58 bits per heavy atom. The van der Waals surface area contributed by atoms with E-state index in [1.807, 2.05) is 13.8 Å². The molecule has 1 atom stereocenters. The van der Waals surface area contributed by atoms with Crippen LogP contribution in [-0.2, 0) is 4.79 Å². The number of carboxylic acids is 1. The highest BCUT2D eigenvalue weighted by molar-refractivity contribution is 5.73. The van der Waals surface area contributed by atoms with Crippen LogP contribution in [0.1, 0.15) is 20.3 Å². The zero-order chi connectivity index (χ0) is 9.56. The summed E-state index contributed by atoms with van der Waals surface area (Å²) in [6.07, 6.45) is 0.648. The van der Waals surface area contributed by atoms with Gasteiger partial charge in [0.05, 0.1) is 0 Å². The van der Waals surface area contributed by atoms with E-state index >= 15 is 0 Å². The first-order chi connectivity index (χ1) is 5.57. The first-order valence-corrected chi connectivity index (χ1v) is 4.24. The average Bonchev–Trinajstić information content (AvgIpc) is 1.96. The van der Waals surface area contributed by atoms with Gasteiger partial charge in [0.15, 0.2) is 0 Å². The molecule has 0 aliphatic carbocycles. The average molecular weight is 174 g/mol. The van der Waals surface area contributed by atoms with Gasteiger partial charge in [-0.15, -0.1) is 0 Å². The van der Waals surface area contributed by atoms with Gasteiger partial charge in [-0.3, -0.25) is 4.79 Å². The standard InChI is InChI=1S/C8H18N2O2/c1-6(2)5-7(8(11)12)10-4-3-9/h6-7,10H,3-5,9H2,1-2H3,(H,11,12)/t7-/m0/s1. The molecular weight excluding hydrogens is 156 g/mol. The molecule has 0 rings (SSSR count). The highest BCUT2D eigenvalue weighted by Gasteiger charge is 2.16. The van der Waals surface area contributed by atoms with Gasteiger partial charge < -0.3 is 16.2 Å². The van der Waals surface area contributed by atoms with Crippen LogP contribution < -0.4 is 11.1 Å². The summed E-state index contributed by atoms with van der Waals surface area (Å²) in [4.78, 5) is 10.6. The number of nitrogens with two attached hydrogens (primary N) is 1. The van der Waals surface area contributed by atoms with E-state index in [1.165, 1.54) is 0 Å². The lowest BCUT2D eigenvalue weighted by molar-refractivity contribution is -0.139. The fourth-order valence-corrected chi connectivity index (χ4v) is 1.00. The number of carbonyl (C=O) groups is 1. The fraction of sp³-hybridized carbons (Fsp3) is 0.875. The summed E-state index contributed by atoms with van der Waals surface area (Å²) in [7, 11) is 0. The summed E-state index contributed by atoms with van der Waals surface area (Å²) in [5.74, 6) is -0.409. The Hall–Kier alpha value is -0.610. The predicted molar refractivity (Wildman–Crippen MR) is 47.9 cm³/mol. The minimum absolute atomic E-state index is 0.386. The molecule has 0 aliphatic heterocycles. The minimum Gasteiger partial charge on any atom is -0.480 e. The Labute approximate surface area is 73.1 Å². The van der Waals surface area contributed by atoms with Gasteiger partial charge in [-0.1, -0.05) is 13.8 Å². The van der Waals surface area contributed by atoms with Gasteiger partial charge in [0.2, 0.25) is 0 Å². The molecule has 0 saturated heterocycles. The lowest BCUT2D eigenvalue weighted by Crippen LogP contribution is -2.40. The molecule has 0 amide bonds. The van der Waals surface area contributed by atoms with Crippen molar-refractivity contribution in [2.75, 3.05) is 13.1 Å². The molecule has 4 N–H and O–H groups in total. The van der Waals surface area contributed by atoms with Crippen LogP contribution in [0, 0.1) is 5.92 Å². The number of nitrogens with one attached hydrogen (secondary N) is 1. The van der Waals surface area contributed by atoms with E-state index in [-0.39, 0.29) is 0 Å². The van der Waals surface area contributed by atoms with Crippen molar-refractivity contribution in [3.8, 4) is 0 Å². The minimum atomic E-state index is -0.794. The van der Waals surface area contributed by atoms with E-state index in [2.05, 4.69) is 5.32 Å². The summed E-state index contributed by atoms with van der Waals surface area (Å²) in [6, 6.07) is -0.450. The molecule has 0 spiro atoms. The maximum Gasteiger partial charge on any atom is 0.320 e. The Kier molecular flexibility index (Phi) is 5.66. The summed E-state index contributed by atoms with van der Waals surface area (Å²) in [6.45, 7) is 5.03. The molecule has 0 aromatic carbocycles. The van der Waals surface area contributed by atoms with Gasteiger partial charge in [-0.25, -0.2) is 0 Å². The molecule has 72 valence electrons. The molecule has 0 aliphatic rings. The molecule has 4 heteroatoms. The van der Waals surface area contributed by atoms with Crippen LogP contribution in [0.15, 0.2) is 0 Å². The topological polar surface area (TPSA) is 75.3 Å². The van der Waals surface area contributed by atoms with Crippen molar-refractivity contribution in [1.29, 1.82) is 0 Å². The van der Waals surface area contributed by atoms with Crippen molar-refractivity contribution < 1.29 is 9.90 Å². The van der Waals surface area contributed by atoms with Crippen LogP contribution >= 0.6 is 0 Å². The number of rotatable bonds is 6. The zero-order valence-electron chi connectivity index (χ0n) is 7.71. The van der Waals surface area contributed by atoms with E-state index in [0.29, 0.717) is 25.4 Å². The van der Waals surface area contributed by atoms with Crippen molar-refractivity contribution in [3.63, 3.8) is 0 Å². The first kappa shape index (κ1) is 11.4. The SMILES string of the molecule is CC(C)C[C@H](NCCN)C(=O)O. The van der Waals surface area contributed by atoms with Gasteiger partial charge in [-0.2, -0.15) is 0 Å². The van der Waals surface area contributed by atoms with Gasteiger partial charge in [0.1, 0.15) is 6.04 Å². The lowest BCUT2D eigenvalue weighted by atomic mass is 10.0. The molecular formula is C8H18N2O2. The van der Waals surface area contributed by atoms with Crippen molar-refractivity contribution in [2.45, 2.75) is 26.3 Å². The molecule has 0 aromatic heterocycles. The smallest absolute Gasteiger partial charge is 0.320 e. The van der Waals surface area contributed by atoms with Crippen LogP contribution in [0.25, 0.3) is 0 Å². The summed E-state index contributed by atoms with van der Waals surface area (Å²) in [5.41, 5.74) is 5.25. The summed E-state index contributed by atoms with van der Waals surface area (Å²) >= 11 is 0. The van der Waals surface area contributed by atoms with E-state index in [4.69, 9.17) is 10.8 Å². The van der Waals surface area contributed by atoms with Gasteiger partial charge in [0.25, 0.3) is 0 Å². The second kappa shape index (κ2) is 5.97. The van der Waals surface area contributed by atoms with Crippen LogP contribution in [-0.4, -0.2) is 30.2 Å². The summed E-state index contributed by atoms with van der Waals surface area (Å²) in [5, 5.41) is 11.6. The molecule has 0 bridgehead atoms. The van der Waals surface area contributed by atoms with Crippen LogP contribution in [0.5, 0.6) is 0 Å². The molecule has 12 heavy (non-hydrogen) atoms. The molecule has 0 radical (unpaired) electrons. The third kappa shape index (κ3) is 5.09. The molecule has 0 heterocycles. The maximum atomic E-state index is 10.6. The highest BCUT2D eigenvalue weighted by Crippen LogP contribution is 2.04. The van der Waals surface area contributed by atoms with E-state index in [0.717, 1.165) is 0 Å². The van der Waals surface area contributed by atoms with Crippen LogP contribution in [0.4, 0.5) is 0 Å². The van der Waals surface area contributed by atoms with E-state index in [1.54, 1.807) is 0 Å². The number of carboxylic acid groups (broad SMARTS) is 1. The van der Waals surface area contributed by atoms with E-state index < -0.39 is 12.0 Å². The van der Waals surface area contributed by atoms with Gasteiger partial charge >= 0.3 is 5.97 Å². The second-order valence-electron chi connectivity index (χ2n) is 3.26. The number of hydrogen-bond acceptors (Lipinski definition) is 3. The van der Waals surface area contributed by atoms with Crippen molar-refractivity contribution in [1.82, 2.24) is 5.32 Å².